The normalized spacial score (nSPS) is 17.5. The number of carbonyl (C=O) groups is 3. The van der Waals surface area contributed by atoms with E-state index in [-0.39, 0.29) is 24.3 Å². The molecule has 0 aliphatic carbocycles. The number of esters is 1. The first-order valence-electron chi connectivity index (χ1n) is 13.5. The van der Waals surface area contributed by atoms with E-state index in [2.05, 4.69) is 5.32 Å². The first-order valence-corrected chi connectivity index (χ1v) is 13.5. The lowest BCUT2D eigenvalue weighted by Crippen LogP contribution is -2.27. The molecule has 9 heteroatoms. The van der Waals surface area contributed by atoms with Crippen molar-refractivity contribution in [3.8, 4) is 0 Å². The number of rotatable bonds is 7. The molecule has 1 atom stereocenters. The zero-order chi connectivity index (χ0) is 26.2. The van der Waals surface area contributed by atoms with Gasteiger partial charge < -0.3 is 19.7 Å². The lowest BCUT2D eigenvalue weighted by atomic mass is 10.1. The summed E-state index contributed by atoms with van der Waals surface area (Å²) >= 11 is 0. The van der Waals surface area contributed by atoms with Gasteiger partial charge in [-0.3, -0.25) is 14.3 Å². The zero-order valence-electron chi connectivity index (χ0n) is 22.0. The molecule has 1 saturated heterocycles. The van der Waals surface area contributed by atoms with Crippen molar-refractivity contribution in [2.24, 2.45) is 5.92 Å². The first kappa shape index (κ1) is 26.9. The fourth-order valence-corrected chi connectivity index (χ4v) is 4.91. The number of nitrogens with zero attached hydrogens (tertiary/aromatic N) is 3. The van der Waals surface area contributed by atoms with Crippen LogP contribution in [0.5, 0.6) is 0 Å². The van der Waals surface area contributed by atoms with Gasteiger partial charge in [-0.05, 0) is 56.7 Å². The van der Waals surface area contributed by atoms with Gasteiger partial charge in [0.2, 0.25) is 0 Å². The number of carbonyl (C=O) groups excluding carboxylic acids is 3. The van der Waals surface area contributed by atoms with Crippen LogP contribution in [0.15, 0.2) is 24.3 Å². The fourth-order valence-electron chi connectivity index (χ4n) is 4.91. The molecule has 1 fully saturated rings. The van der Waals surface area contributed by atoms with E-state index < -0.39 is 5.97 Å². The number of nitrogens with one attached hydrogen (secondary N) is 1. The standard InChI is InChI=1S/C28H38N4O5/c1-3-23-25-24(11-7-15-36-16-8-12-29-26(25)33)32(30-23)18-20(2)19-37-28(35)22-10-6-9-21(17-22)27(34)31-13-4-5-14-31/h6,9-10,17,20H,3-5,7-8,11-16,18-19H2,1-2H3,(H,29,33)/t20-/m1/s1. The first-order chi connectivity index (χ1) is 18.0. The van der Waals surface area contributed by atoms with Gasteiger partial charge in [0.25, 0.3) is 11.8 Å². The average molecular weight is 511 g/mol. The molecule has 2 aliphatic heterocycles. The van der Waals surface area contributed by atoms with Gasteiger partial charge in [0.1, 0.15) is 0 Å². The maximum absolute atomic E-state index is 12.9. The number of hydrogen-bond acceptors (Lipinski definition) is 6. The Bertz CT molecular complexity index is 1110. The summed E-state index contributed by atoms with van der Waals surface area (Å²) in [6.45, 7) is 8.10. The van der Waals surface area contributed by atoms with Gasteiger partial charge >= 0.3 is 5.97 Å². The number of fused-ring (bicyclic) bond motifs is 1. The van der Waals surface area contributed by atoms with Crippen molar-refractivity contribution in [1.29, 1.82) is 0 Å². The van der Waals surface area contributed by atoms with Gasteiger partial charge in [-0.2, -0.15) is 5.10 Å². The van der Waals surface area contributed by atoms with E-state index in [4.69, 9.17) is 14.6 Å². The molecular weight excluding hydrogens is 472 g/mol. The highest BCUT2D eigenvalue weighted by molar-refractivity contribution is 5.98. The third kappa shape index (κ3) is 6.77. The highest BCUT2D eigenvalue weighted by Gasteiger charge is 2.24. The summed E-state index contributed by atoms with van der Waals surface area (Å²) in [5.74, 6) is -0.598. The molecule has 1 aromatic carbocycles. The van der Waals surface area contributed by atoms with Crippen LogP contribution in [0.2, 0.25) is 0 Å². The highest BCUT2D eigenvalue weighted by atomic mass is 16.5. The minimum atomic E-state index is -0.450. The topological polar surface area (TPSA) is 103 Å². The molecular formula is C28H38N4O5. The van der Waals surface area contributed by atoms with Crippen molar-refractivity contribution in [2.75, 3.05) is 39.5 Å². The van der Waals surface area contributed by atoms with Crippen LogP contribution in [0.3, 0.4) is 0 Å². The zero-order valence-corrected chi connectivity index (χ0v) is 22.0. The summed E-state index contributed by atoms with van der Waals surface area (Å²) in [7, 11) is 0. The van der Waals surface area contributed by atoms with Crippen LogP contribution < -0.4 is 5.32 Å². The minimum Gasteiger partial charge on any atom is -0.462 e. The summed E-state index contributed by atoms with van der Waals surface area (Å²) in [5.41, 5.74) is 3.25. The van der Waals surface area contributed by atoms with Gasteiger partial charge in [-0.25, -0.2) is 4.79 Å². The molecule has 1 aromatic heterocycles. The van der Waals surface area contributed by atoms with E-state index in [1.165, 1.54) is 0 Å². The molecule has 200 valence electrons. The second-order valence-electron chi connectivity index (χ2n) is 9.91. The van der Waals surface area contributed by atoms with Crippen LogP contribution >= 0.6 is 0 Å². The monoisotopic (exact) mass is 510 g/mol. The number of aromatic nitrogens is 2. The molecule has 2 amide bonds. The van der Waals surface area contributed by atoms with Gasteiger partial charge in [0.15, 0.2) is 0 Å². The molecule has 4 rings (SSSR count). The Labute approximate surface area is 218 Å². The third-order valence-electron chi connectivity index (χ3n) is 6.87. The average Bonchev–Trinajstić information content (AvgIpc) is 3.56. The number of aryl methyl sites for hydroxylation is 1. The molecule has 0 saturated carbocycles. The quantitative estimate of drug-likeness (QED) is 0.574. The molecule has 2 aliphatic rings. The number of benzene rings is 1. The SMILES string of the molecule is CCc1nn(C[C@@H](C)COC(=O)c2cccc(C(=O)N3CCCC3)c2)c2c1C(=O)NCCCOCCC2. The van der Waals surface area contributed by atoms with Gasteiger partial charge in [0.05, 0.1) is 29.1 Å². The lowest BCUT2D eigenvalue weighted by molar-refractivity contribution is 0.0435. The number of ether oxygens (including phenoxy) is 2. The van der Waals surface area contributed by atoms with Crippen molar-refractivity contribution in [3.63, 3.8) is 0 Å². The largest absolute Gasteiger partial charge is 0.462 e. The van der Waals surface area contributed by atoms with E-state index in [1.807, 2.05) is 23.4 Å². The molecule has 0 unspecified atom stereocenters. The molecule has 1 N–H and O–H groups in total. The van der Waals surface area contributed by atoms with Gasteiger partial charge in [-0.15, -0.1) is 0 Å². The predicted octanol–water partition coefficient (Wildman–Crippen LogP) is 3.26. The van der Waals surface area contributed by atoms with Crippen molar-refractivity contribution in [2.45, 2.75) is 58.9 Å². The van der Waals surface area contributed by atoms with Gasteiger partial charge in [-0.1, -0.05) is 19.9 Å². The lowest BCUT2D eigenvalue weighted by Gasteiger charge is -2.16. The minimum absolute atomic E-state index is 0.0236. The molecule has 3 heterocycles. The molecule has 0 spiro atoms. The Morgan fingerprint density at radius 1 is 1.14 bits per heavy atom. The van der Waals surface area contributed by atoms with E-state index in [0.717, 1.165) is 50.2 Å². The van der Waals surface area contributed by atoms with Crippen LogP contribution in [0.1, 0.15) is 82.0 Å². The number of likely N-dealkylation sites (tertiary alicyclic amines) is 1. The smallest absolute Gasteiger partial charge is 0.338 e. The Morgan fingerprint density at radius 2 is 1.89 bits per heavy atom. The van der Waals surface area contributed by atoms with Crippen molar-refractivity contribution >= 4 is 17.8 Å². The Kier molecular flexibility index (Phi) is 9.33. The van der Waals surface area contributed by atoms with Crippen LogP contribution in [-0.2, 0) is 28.9 Å². The van der Waals surface area contributed by atoms with Crippen molar-refractivity contribution < 1.29 is 23.9 Å². The summed E-state index contributed by atoms with van der Waals surface area (Å²) in [6, 6.07) is 6.75. The van der Waals surface area contributed by atoms with Crippen LogP contribution in [0.4, 0.5) is 0 Å². The molecule has 0 radical (unpaired) electrons. The molecule has 0 bridgehead atoms. The summed E-state index contributed by atoms with van der Waals surface area (Å²) in [6.07, 6.45) is 4.99. The molecule has 9 nitrogen and oxygen atoms in total. The van der Waals surface area contributed by atoms with Crippen molar-refractivity contribution in [3.05, 3.63) is 52.3 Å². The van der Waals surface area contributed by atoms with Crippen LogP contribution in [0, 0.1) is 5.92 Å². The number of amides is 2. The van der Waals surface area contributed by atoms with E-state index in [9.17, 15) is 14.4 Å². The maximum Gasteiger partial charge on any atom is 0.338 e. The summed E-state index contributed by atoms with van der Waals surface area (Å²) in [5, 5.41) is 7.75. The maximum atomic E-state index is 12.9. The van der Waals surface area contributed by atoms with E-state index in [1.54, 1.807) is 24.3 Å². The van der Waals surface area contributed by atoms with E-state index >= 15 is 0 Å². The summed E-state index contributed by atoms with van der Waals surface area (Å²) < 4.78 is 13.2. The Hall–Kier alpha value is -3.20. The second kappa shape index (κ2) is 12.9. The predicted molar refractivity (Wildman–Crippen MR) is 139 cm³/mol. The Balaban J connectivity index is 1.40. The molecule has 37 heavy (non-hydrogen) atoms. The highest BCUT2D eigenvalue weighted by Crippen LogP contribution is 2.20. The second-order valence-corrected chi connectivity index (χ2v) is 9.91. The Morgan fingerprint density at radius 3 is 2.68 bits per heavy atom. The molecule has 2 aromatic rings. The van der Waals surface area contributed by atoms with E-state index in [0.29, 0.717) is 55.8 Å². The van der Waals surface area contributed by atoms with Crippen LogP contribution in [0.25, 0.3) is 0 Å². The summed E-state index contributed by atoms with van der Waals surface area (Å²) in [4.78, 5) is 40.2. The third-order valence-corrected chi connectivity index (χ3v) is 6.87. The number of hydrogen-bond donors (Lipinski definition) is 1. The van der Waals surface area contributed by atoms with Crippen LogP contribution in [-0.4, -0.2) is 71.9 Å². The van der Waals surface area contributed by atoms with Crippen molar-refractivity contribution in [1.82, 2.24) is 20.0 Å². The van der Waals surface area contributed by atoms with Gasteiger partial charge in [0, 0.05) is 50.9 Å². The fraction of sp³-hybridized carbons (Fsp3) is 0.571.